The molecule has 5 nitrogen and oxygen atoms in total. The Morgan fingerprint density at radius 3 is 2.52 bits per heavy atom. The van der Waals surface area contributed by atoms with Gasteiger partial charge in [-0.3, -0.25) is 9.59 Å². The fraction of sp³-hybridized carbons (Fsp3) is 0.647. The predicted molar refractivity (Wildman–Crippen MR) is 93.7 cm³/mol. The molecule has 0 aliphatic carbocycles. The van der Waals surface area contributed by atoms with Crippen LogP contribution in [0.25, 0.3) is 0 Å². The van der Waals surface area contributed by atoms with Crippen molar-refractivity contribution in [1.82, 2.24) is 0 Å². The van der Waals surface area contributed by atoms with Crippen LogP contribution >= 0.6 is 11.3 Å². The van der Waals surface area contributed by atoms with Gasteiger partial charge in [-0.15, -0.1) is 11.3 Å². The number of nitrogens with two attached hydrogens (primary N) is 2. The van der Waals surface area contributed by atoms with Crippen molar-refractivity contribution in [3.05, 3.63) is 16.0 Å². The average Bonchev–Trinajstić information content (AvgIpc) is 2.72. The molecule has 0 bridgehead atoms. The maximum atomic E-state index is 12.1. The molecular weight excluding hydrogens is 310 g/mol. The van der Waals surface area contributed by atoms with Gasteiger partial charge in [0.05, 0.1) is 16.0 Å². The molecule has 128 valence electrons. The van der Waals surface area contributed by atoms with Crippen LogP contribution in [0.15, 0.2) is 0 Å². The van der Waals surface area contributed by atoms with Crippen molar-refractivity contribution in [2.24, 2.45) is 5.73 Å². The zero-order chi connectivity index (χ0) is 17.4. The van der Waals surface area contributed by atoms with E-state index in [0.29, 0.717) is 17.0 Å². The molecule has 2 amide bonds. The zero-order valence-corrected chi connectivity index (χ0v) is 15.5. The Morgan fingerprint density at radius 1 is 1.30 bits per heavy atom. The summed E-state index contributed by atoms with van der Waals surface area (Å²) in [7, 11) is 0. The first-order valence-corrected chi connectivity index (χ1v) is 9.02. The number of carbonyl (C=O) groups is 2. The number of anilines is 1. The number of rotatable bonds is 5. The average molecular weight is 338 g/mol. The molecule has 1 aliphatic rings. The maximum Gasteiger partial charge on any atom is 0.252 e. The molecule has 0 atom stereocenters. The highest BCUT2D eigenvalue weighted by Gasteiger charge is 2.44. The van der Waals surface area contributed by atoms with Crippen LogP contribution in [0.4, 0.5) is 5.00 Å². The predicted octanol–water partition coefficient (Wildman–Crippen LogP) is 2.11. The van der Waals surface area contributed by atoms with E-state index in [1.165, 1.54) is 11.3 Å². The van der Waals surface area contributed by atoms with Gasteiger partial charge in [0.2, 0.25) is 5.91 Å². The summed E-state index contributed by atoms with van der Waals surface area (Å²) >= 11 is 1.50. The lowest BCUT2D eigenvalue weighted by atomic mass is 9.81. The fourth-order valence-corrected chi connectivity index (χ4v) is 4.89. The van der Waals surface area contributed by atoms with Gasteiger partial charge in [-0.05, 0) is 39.7 Å². The van der Waals surface area contributed by atoms with Crippen LogP contribution in [-0.2, 0) is 16.8 Å². The Morgan fingerprint density at radius 2 is 1.96 bits per heavy atom. The van der Waals surface area contributed by atoms with E-state index in [1.54, 1.807) is 0 Å². The summed E-state index contributed by atoms with van der Waals surface area (Å²) < 4.78 is 0. The first-order valence-electron chi connectivity index (χ1n) is 8.20. The molecule has 0 radical (unpaired) electrons. The van der Waals surface area contributed by atoms with Crippen LogP contribution in [-0.4, -0.2) is 17.4 Å². The van der Waals surface area contributed by atoms with Gasteiger partial charge in [-0.1, -0.05) is 13.3 Å². The quantitative estimate of drug-likeness (QED) is 0.767. The van der Waals surface area contributed by atoms with E-state index in [-0.39, 0.29) is 17.0 Å². The third-order valence-electron chi connectivity index (χ3n) is 4.23. The van der Waals surface area contributed by atoms with Crippen molar-refractivity contribution in [2.45, 2.75) is 71.4 Å². The number of hydrogen-bond donors (Lipinski definition) is 3. The summed E-state index contributed by atoms with van der Waals surface area (Å²) in [5.41, 5.74) is 7.00. The number of fused-ring (bicyclic) bond motifs is 1. The van der Waals surface area contributed by atoms with E-state index in [9.17, 15) is 9.59 Å². The Bertz CT molecular complexity index is 632. The van der Waals surface area contributed by atoms with Crippen LogP contribution in [0.5, 0.6) is 0 Å². The van der Waals surface area contributed by atoms with Crippen molar-refractivity contribution in [2.75, 3.05) is 5.32 Å². The second-order valence-corrected chi connectivity index (χ2v) is 8.68. The van der Waals surface area contributed by atoms with Gasteiger partial charge in [0.25, 0.3) is 5.91 Å². The Balaban J connectivity index is 2.44. The van der Waals surface area contributed by atoms with Gasteiger partial charge in [0.1, 0.15) is 10.5 Å². The third kappa shape index (κ3) is 3.75. The number of hydrogen-bond acceptors (Lipinski definition) is 3. The van der Waals surface area contributed by atoms with Crippen molar-refractivity contribution in [3.63, 3.8) is 0 Å². The van der Waals surface area contributed by atoms with Crippen molar-refractivity contribution >= 4 is 28.2 Å². The van der Waals surface area contributed by atoms with Gasteiger partial charge >= 0.3 is 0 Å². The molecular formula is C17H28N3O2S+. The van der Waals surface area contributed by atoms with E-state index in [2.05, 4.69) is 38.3 Å². The lowest BCUT2D eigenvalue weighted by molar-refractivity contribution is -0.789. The van der Waals surface area contributed by atoms with E-state index >= 15 is 0 Å². The van der Waals surface area contributed by atoms with Gasteiger partial charge in [0.15, 0.2) is 0 Å². The minimum absolute atomic E-state index is 0.00867. The molecule has 2 heterocycles. The minimum atomic E-state index is -0.457. The molecule has 1 aromatic rings. The summed E-state index contributed by atoms with van der Waals surface area (Å²) in [6.07, 6.45) is 3.05. The molecule has 0 fully saturated rings. The topological polar surface area (TPSA) is 88.8 Å². The summed E-state index contributed by atoms with van der Waals surface area (Å²) in [5, 5.41) is 5.85. The molecule has 1 aliphatic heterocycles. The molecule has 0 saturated carbocycles. The zero-order valence-electron chi connectivity index (χ0n) is 14.7. The lowest BCUT2D eigenvalue weighted by Gasteiger charge is -2.38. The molecule has 1 aromatic heterocycles. The third-order valence-corrected chi connectivity index (χ3v) is 5.72. The van der Waals surface area contributed by atoms with Crippen molar-refractivity contribution in [3.8, 4) is 0 Å². The summed E-state index contributed by atoms with van der Waals surface area (Å²) in [6, 6.07) is 0. The molecule has 0 spiro atoms. The summed E-state index contributed by atoms with van der Waals surface area (Å²) in [6.45, 7) is 10.7. The second-order valence-electron chi connectivity index (χ2n) is 7.66. The van der Waals surface area contributed by atoms with Gasteiger partial charge < -0.3 is 16.4 Å². The van der Waals surface area contributed by atoms with Crippen molar-refractivity contribution in [1.29, 1.82) is 0 Å². The van der Waals surface area contributed by atoms with Crippen molar-refractivity contribution < 1.29 is 14.9 Å². The minimum Gasteiger partial charge on any atom is -0.365 e. The monoisotopic (exact) mass is 338 g/mol. The number of quaternary nitrogens is 1. The molecule has 23 heavy (non-hydrogen) atoms. The number of nitrogens with one attached hydrogen (secondary N) is 1. The molecule has 2 rings (SSSR count). The molecule has 6 heteroatoms. The van der Waals surface area contributed by atoms with Gasteiger partial charge in [-0.25, -0.2) is 0 Å². The highest BCUT2D eigenvalue weighted by atomic mass is 32.1. The molecule has 0 aromatic carbocycles. The Kier molecular flexibility index (Phi) is 4.87. The van der Waals surface area contributed by atoms with Crippen LogP contribution in [0.2, 0.25) is 0 Å². The van der Waals surface area contributed by atoms with E-state index in [4.69, 9.17) is 5.73 Å². The first-order chi connectivity index (χ1) is 10.6. The maximum absolute atomic E-state index is 12.1. The van der Waals surface area contributed by atoms with Gasteiger partial charge in [-0.2, -0.15) is 0 Å². The van der Waals surface area contributed by atoms with E-state index in [0.717, 1.165) is 29.7 Å². The SMILES string of the molecule is CCCCC(=O)Nc1sc2c(c1C(N)=O)CC(C)(C)[NH2+]C2(C)C. The van der Waals surface area contributed by atoms with Gasteiger partial charge in [0, 0.05) is 12.8 Å². The van der Waals surface area contributed by atoms with Crippen LogP contribution in [0.1, 0.15) is 74.7 Å². The normalized spacial score (nSPS) is 18.3. The standard InChI is InChI=1S/C17H27N3O2S/c1-6-7-8-11(21)19-15-12(14(18)22)10-9-16(2,3)20-17(4,5)13(10)23-15/h20H,6-9H2,1-5H3,(H2,18,22)(H,19,21)/p+1. The highest BCUT2D eigenvalue weighted by Crippen LogP contribution is 2.41. The Labute approximate surface area is 142 Å². The van der Waals surface area contributed by atoms with Crippen LogP contribution in [0.3, 0.4) is 0 Å². The highest BCUT2D eigenvalue weighted by molar-refractivity contribution is 7.17. The molecule has 0 saturated heterocycles. The fourth-order valence-electron chi connectivity index (χ4n) is 3.58. The van der Waals surface area contributed by atoms with E-state index < -0.39 is 5.91 Å². The van der Waals surface area contributed by atoms with E-state index in [1.807, 2.05) is 6.92 Å². The second kappa shape index (κ2) is 6.24. The number of thiophene rings is 1. The molecule has 5 N–H and O–H groups in total. The first kappa shape index (κ1) is 17.9. The lowest BCUT2D eigenvalue weighted by Crippen LogP contribution is -3.03. The number of carbonyl (C=O) groups excluding carboxylic acids is 2. The largest absolute Gasteiger partial charge is 0.365 e. The molecule has 0 unspecified atom stereocenters. The Hall–Kier alpha value is -1.40. The number of primary amides is 1. The van der Waals surface area contributed by atoms with Crippen LogP contribution in [0, 0.1) is 0 Å². The number of unbranched alkanes of at least 4 members (excludes halogenated alkanes) is 1. The summed E-state index contributed by atoms with van der Waals surface area (Å²) in [5.74, 6) is -0.504. The smallest absolute Gasteiger partial charge is 0.252 e. The number of amides is 2. The van der Waals surface area contributed by atoms with Crippen LogP contribution < -0.4 is 16.4 Å². The summed E-state index contributed by atoms with van der Waals surface area (Å²) in [4.78, 5) is 25.3.